The van der Waals surface area contributed by atoms with Crippen molar-refractivity contribution >= 4 is 17.6 Å². The number of benzene rings is 2. The van der Waals surface area contributed by atoms with Crippen molar-refractivity contribution in [2.75, 3.05) is 6.54 Å². The summed E-state index contributed by atoms with van der Waals surface area (Å²) >= 11 is 6.13. The van der Waals surface area contributed by atoms with Gasteiger partial charge in [0.25, 0.3) is 0 Å². The van der Waals surface area contributed by atoms with Gasteiger partial charge in [-0.2, -0.15) is 0 Å². The number of carbonyl (C=O) groups excluding carboxylic acids is 1. The number of urea groups is 1. The zero-order valence-corrected chi connectivity index (χ0v) is 13.4. The molecule has 2 aromatic rings. The molecule has 0 spiro atoms. The van der Waals surface area contributed by atoms with E-state index in [9.17, 15) is 4.79 Å². The molecule has 2 N–H and O–H groups in total. The first-order valence-corrected chi connectivity index (χ1v) is 7.87. The average Bonchev–Trinajstić information content (AvgIpc) is 2.53. The highest BCUT2D eigenvalue weighted by Gasteiger charge is 2.11. The van der Waals surface area contributed by atoms with Crippen LogP contribution in [0.1, 0.15) is 30.5 Å². The van der Waals surface area contributed by atoms with Crippen LogP contribution in [0.15, 0.2) is 54.6 Å². The molecule has 22 heavy (non-hydrogen) atoms. The van der Waals surface area contributed by atoms with Crippen LogP contribution in [-0.4, -0.2) is 12.6 Å². The Balaban J connectivity index is 1.71. The van der Waals surface area contributed by atoms with E-state index in [1.54, 1.807) is 0 Å². The third-order valence-electron chi connectivity index (χ3n) is 3.49. The van der Waals surface area contributed by atoms with Crippen LogP contribution >= 0.6 is 11.6 Å². The van der Waals surface area contributed by atoms with Gasteiger partial charge in [0, 0.05) is 11.6 Å². The fraction of sp³-hybridized carbons (Fsp3) is 0.278. The highest BCUT2D eigenvalue weighted by molar-refractivity contribution is 6.31. The first kappa shape index (κ1) is 16.4. The lowest BCUT2D eigenvalue weighted by molar-refractivity contribution is 0.238. The third kappa shape index (κ3) is 5.08. The summed E-state index contributed by atoms with van der Waals surface area (Å²) in [5.41, 5.74) is 2.21. The maximum atomic E-state index is 11.9. The Labute approximate surface area is 136 Å². The standard InChI is InChI=1S/C18H21ClN2O/c1-14(16-11-5-6-12-17(16)19)21-18(22)20-13-7-10-15-8-3-2-4-9-15/h2-6,8-9,11-12,14H,7,10,13H2,1H3,(H2,20,21,22). The summed E-state index contributed by atoms with van der Waals surface area (Å²) < 4.78 is 0. The van der Waals surface area contributed by atoms with E-state index in [1.807, 2.05) is 49.4 Å². The van der Waals surface area contributed by atoms with Gasteiger partial charge in [-0.25, -0.2) is 4.79 Å². The first-order chi connectivity index (χ1) is 10.7. The fourth-order valence-corrected chi connectivity index (χ4v) is 2.59. The molecule has 1 atom stereocenters. The van der Waals surface area contributed by atoms with Gasteiger partial charge in [0.05, 0.1) is 6.04 Å². The molecule has 0 radical (unpaired) electrons. The minimum atomic E-state index is -0.166. The minimum Gasteiger partial charge on any atom is -0.338 e. The zero-order valence-electron chi connectivity index (χ0n) is 12.7. The number of aryl methyl sites for hydroxylation is 1. The predicted molar refractivity (Wildman–Crippen MR) is 91.2 cm³/mol. The van der Waals surface area contributed by atoms with Crippen LogP contribution < -0.4 is 10.6 Å². The van der Waals surface area contributed by atoms with Crippen LogP contribution in [0.2, 0.25) is 5.02 Å². The van der Waals surface area contributed by atoms with Gasteiger partial charge in [-0.1, -0.05) is 60.1 Å². The summed E-state index contributed by atoms with van der Waals surface area (Å²) in [6.07, 6.45) is 1.87. The maximum Gasteiger partial charge on any atom is 0.315 e. The summed E-state index contributed by atoms with van der Waals surface area (Å²) in [5.74, 6) is 0. The lowest BCUT2D eigenvalue weighted by Gasteiger charge is -2.16. The van der Waals surface area contributed by atoms with Crippen molar-refractivity contribution in [3.63, 3.8) is 0 Å². The van der Waals surface area contributed by atoms with Crippen molar-refractivity contribution in [3.05, 3.63) is 70.7 Å². The van der Waals surface area contributed by atoms with E-state index in [-0.39, 0.29) is 12.1 Å². The molecule has 0 saturated heterocycles. The van der Waals surface area contributed by atoms with Gasteiger partial charge in [-0.3, -0.25) is 0 Å². The average molecular weight is 317 g/mol. The topological polar surface area (TPSA) is 41.1 Å². The smallest absolute Gasteiger partial charge is 0.315 e. The summed E-state index contributed by atoms with van der Waals surface area (Å²) in [7, 11) is 0. The Hall–Kier alpha value is -2.00. The second-order valence-electron chi connectivity index (χ2n) is 5.23. The number of hydrogen-bond acceptors (Lipinski definition) is 1. The molecule has 0 aromatic heterocycles. The molecule has 3 nitrogen and oxygen atoms in total. The first-order valence-electron chi connectivity index (χ1n) is 7.49. The van der Waals surface area contributed by atoms with Crippen LogP contribution in [0.5, 0.6) is 0 Å². The molecule has 0 aliphatic rings. The van der Waals surface area contributed by atoms with Gasteiger partial charge in [0.2, 0.25) is 0 Å². The van der Waals surface area contributed by atoms with Gasteiger partial charge in [0.15, 0.2) is 0 Å². The number of amides is 2. The highest BCUT2D eigenvalue weighted by Crippen LogP contribution is 2.21. The summed E-state index contributed by atoms with van der Waals surface area (Å²) in [4.78, 5) is 11.9. The van der Waals surface area contributed by atoms with Gasteiger partial charge in [-0.05, 0) is 37.0 Å². The molecule has 0 fully saturated rings. The van der Waals surface area contributed by atoms with Crippen LogP contribution in [0, 0.1) is 0 Å². The molecule has 2 rings (SSSR count). The van der Waals surface area contributed by atoms with Gasteiger partial charge >= 0.3 is 6.03 Å². The molecule has 2 aromatic carbocycles. The van der Waals surface area contributed by atoms with Crippen LogP contribution in [0.3, 0.4) is 0 Å². The quantitative estimate of drug-likeness (QED) is 0.765. The largest absolute Gasteiger partial charge is 0.338 e. The predicted octanol–water partition coefficient (Wildman–Crippen LogP) is 4.33. The van der Waals surface area contributed by atoms with Crippen LogP contribution in [-0.2, 0) is 6.42 Å². The second-order valence-corrected chi connectivity index (χ2v) is 5.64. The van der Waals surface area contributed by atoms with Gasteiger partial charge in [0.1, 0.15) is 0 Å². The lowest BCUT2D eigenvalue weighted by atomic mass is 10.1. The minimum absolute atomic E-state index is 0.122. The normalized spacial score (nSPS) is 11.7. The van der Waals surface area contributed by atoms with E-state index in [0.717, 1.165) is 18.4 Å². The van der Waals surface area contributed by atoms with E-state index in [2.05, 4.69) is 22.8 Å². The Kier molecular flexibility index (Phi) is 6.28. The monoisotopic (exact) mass is 316 g/mol. The molecule has 116 valence electrons. The number of carbonyl (C=O) groups is 1. The maximum absolute atomic E-state index is 11.9. The van der Waals surface area contributed by atoms with Crippen molar-refractivity contribution in [1.29, 1.82) is 0 Å². The van der Waals surface area contributed by atoms with E-state index < -0.39 is 0 Å². The SMILES string of the molecule is CC(NC(=O)NCCCc1ccccc1)c1ccccc1Cl. The Morgan fingerprint density at radius 2 is 1.77 bits per heavy atom. The third-order valence-corrected chi connectivity index (χ3v) is 3.83. The fourth-order valence-electron chi connectivity index (χ4n) is 2.29. The van der Waals surface area contributed by atoms with Crippen LogP contribution in [0.4, 0.5) is 4.79 Å². The molecular formula is C18H21ClN2O. The van der Waals surface area contributed by atoms with Crippen molar-refractivity contribution in [2.24, 2.45) is 0 Å². The number of rotatable bonds is 6. The molecule has 2 amide bonds. The van der Waals surface area contributed by atoms with Crippen LogP contribution in [0.25, 0.3) is 0 Å². The van der Waals surface area contributed by atoms with E-state index in [1.165, 1.54) is 5.56 Å². The molecular weight excluding hydrogens is 296 g/mol. The summed E-state index contributed by atoms with van der Waals surface area (Å²) in [6.45, 7) is 2.57. The molecule has 1 unspecified atom stereocenters. The van der Waals surface area contributed by atoms with E-state index in [0.29, 0.717) is 11.6 Å². The second kappa shape index (κ2) is 8.44. The molecule has 0 aliphatic heterocycles. The number of nitrogens with one attached hydrogen (secondary N) is 2. The molecule has 0 heterocycles. The Bertz CT molecular complexity index is 601. The number of hydrogen-bond donors (Lipinski definition) is 2. The highest BCUT2D eigenvalue weighted by atomic mass is 35.5. The molecule has 0 bridgehead atoms. The van der Waals surface area contributed by atoms with E-state index >= 15 is 0 Å². The van der Waals surface area contributed by atoms with Crippen molar-refractivity contribution in [1.82, 2.24) is 10.6 Å². The van der Waals surface area contributed by atoms with Gasteiger partial charge in [-0.15, -0.1) is 0 Å². The van der Waals surface area contributed by atoms with Gasteiger partial charge < -0.3 is 10.6 Å². The Morgan fingerprint density at radius 3 is 2.50 bits per heavy atom. The molecule has 0 saturated carbocycles. The zero-order chi connectivity index (χ0) is 15.8. The molecule has 4 heteroatoms. The Morgan fingerprint density at radius 1 is 1.09 bits per heavy atom. The van der Waals surface area contributed by atoms with Crippen molar-refractivity contribution in [3.8, 4) is 0 Å². The van der Waals surface area contributed by atoms with Crippen molar-refractivity contribution in [2.45, 2.75) is 25.8 Å². The summed E-state index contributed by atoms with van der Waals surface area (Å²) in [5, 5.41) is 6.45. The number of halogens is 1. The lowest BCUT2D eigenvalue weighted by Crippen LogP contribution is -2.37. The van der Waals surface area contributed by atoms with E-state index in [4.69, 9.17) is 11.6 Å². The molecule has 0 aliphatic carbocycles. The summed E-state index contributed by atoms with van der Waals surface area (Å²) in [6, 6.07) is 17.5. The van der Waals surface area contributed by atoms with Crippen molar-refractivity contribution < 1.29 is 4.79 Å².